The number of rotatable bonds is 0. The van der Waals surface area contributed by atoms with Crippen LogP contribution in [0.25, 0.3) is 0 Å². The number of hydrogen-bond acceptors (Lipinski definition) is 1. The number of fused-ring (bicyclic) bond motifs is 1. The number of nitrogens with one attached hydrogen (secondary N) is 1. The van der Waals surface area contributed by atoms with Crippen LogP contribution in [0.2, 0.25) is 5.02 Å². The fraction of sp³-hybridized carbons (Fsp3) is 0.500. The molecule has 1 aromatic rings. The third kappa shape index (κ3) is 1.74. The van der Waals surface area contributed by atoms with E-state index in [1.807, 2.05) is 12.1 Å². The van der Waals surface area contributed by atoms with Crippen molar-refractivity contribution in [3.05, 3.63) is 28.8 Å². The van der Waals surface area contributed by atoms with Crippen LogP contribution in [0.1, 0.15) is 32.3 Å². The number of hydrogen-bond donors (Lipinski definition) is 1. The molecular formula is C12H16ClN. The molecule has 1 aliphatic heterocycles. The van der Waals surface area contributed by atoms with Crippen molar-refractivity contribution in [3.63, 3.8) is 0 Å². The molecule has 0 amide bonds. The van der Waals surface area contributed by atoms with E-state index in [2.05, 4.69) is 25.2 Å². The maximum absolute atomic E-state index is 5.98. The van der Waals surface area contributed by atoms with Gasteiger partial charge in [0.05, 0.1) is 0 Å². The summed E-state index contributed by atoms with van der Waals surface area (Å²) in [7, 11) is 0. The van der Waals surface area contributed by atoms with E-state index in [4.69, 9.17) is 11.6 Å². The molecule has 0 unspecified atom stereocenters. The summed E-state index contributed by atoms with van der Waals surface area (Å²) in [4.78, 5) is 0. The largest absolute Gasteiger partial charge is 0.385 e. The predicted molar refractivity (Wildman–Crippen MR) is 62.2 cm³/mol. The van der Waals surface area contributed by atoms with E-state index >= 15 is 0 Å². The first-order chi connectivity index (χ1) is 6.59. The Labute approximate surface area is 90.5 Å². The fourth-order valence-electron chi connectivity index (χ4n) is 2.14. The molecule has 0 bridgehead atoms. The van der Waals surface area contributed by atoms with Gasteiger partial charge in [-0.25, -0.2) is 0 Å². The maximum atomic E-state index is 5.98. The zero-order valence-electron chi connectivity index (χ0n) is 8.73. The molecule has 0 aromatic heterocycles. The van der Waals surface area contributed by atoms with E-state index in [0.29, 0.717) is 0 Å². The normalized spacial score (nSPS) is 19.4. The van der Waals surface area contributed by atoms with Crippen molar-refractivity contribution in [1.82, 2.24) is 0 Å². The van der Waals surface area contributed by atoms with Crippen LogP contribution >= 0.6 is 11.6 Å². The molecule has 2 heteroatoms. The maximum Gasteiger partial charge on any atom is 0.0426 e. The van der Waals surface area contributed by atoms with E-state index in [1.165, 1.54) is 24.1 Å². The van der Waals surface area contributed by atoms with Crippen LogP contribution in [0, 0.1) is 0 Å². The summed E-state index contributed by atoms with van der Waals surface area (Å²) >= 11 is 5.98. The van der Waals surface area contributed by atoms with Crippen LogP contribution < -0.4 is 5.32 Å². The molecule has 1 heterocycles. The van der Waals surface area contributed by atoms with E-state index in [1.54, 1.807) is 0 Å². The smallest absolute Gasteiger partial charge is 0.0426 e. The highest BCUT2D eigenvalue weighted by atomic mass is 35.5. The first-order valence-corrected chi connectivity index (χ1v) is 5.51. The van der Waals surface area contributed by atoms with Crippen LogP contribution in [0.4, 0.5) is 5.69 Å². The zero-order chi connectivity index (χ0) is 10.2. The minimum atomic E-state index is 0.267. The molecule has 0 radical (unpaired) electrons. The Morgan fingerprint density at radius 3 is 2.93 bits per heavy atom. The second kappa shape index (κ2) is 3.47. The highest BCUT2D eigenvalue weighted by molar-refractivity contribution is 6.30. The molecule has 0 aliphatic carbocycles. The summed E-state index contributed by atoms with van der Waals surface area (Å²) < 4.78 is 0. The van der Waals surface area contributed by atoms with Crippen molar-refractivity contribution in [2.24, 2.45) is 0 Å². The predicted octanol–water partition coefficient (Wildman–Crippen LogP) is 3.82. The third-order valence-corrected chi connectivity index (χ3v) is 3.24. The first-order valence-electron chi connectivity index (χ1n) is 5.13. The minimum absolute atomic E-state index is 0.267. The van der Waals surface area contributed by atoms with E-state index in [0.717, 1.165) is 11.6 Å². The molecule has 14 heavy (non-hydrogen) atoms. The molecule has 76 valence electrons. The average molecular weight is 210 g/mol. The van der Waals surface area contributed by atoms with Gasteiger partial charge in [-0.2, -0.15) is 0 Å². The van der Waals surface area contributed by atoms with Crippen molar-refractivity contribution in [3.8, 4) is 0 Å². The van der Waals surface area contributed by atoms with Crippen LogP contribution in [0.5, 0.6) is 0 Å². The van der Waals surface area contributed by atoms with Crippen molar-refractivity contribution in [2.75, 3.05) is 11.9 Å². The van der Waals surface area contributed by atoms with Gasteiger partial charge in [-0.05, 0) is 36.0 Å². The molecule has 0 atom stereocenters. The van der Waals surface area contributed by atoms with Crippen molar-refractivity contribution < 1.29 is 0 Å². The van der Waals surface area contributed by atoms with Gasteiger partial charge in [0.15, 0.2) is 0 Å². The molecule has 0 fully saturated rings. The molecule has 0 spiro atoms. The molecule has 1 aromatic carbocycles. The average Bonchev–Trinajstić information content (AvgIpc) is 2.25. The molecule has 0 saturated heterocycles. The third-order valence-electron chi connectivity index (χ3n) is 3.00. The summed E-state index contributed by atoms with van der Waals surface area (Å²) in [5.74, 6) is 0. The summed E-state index contributed by atoms with van der Waals surface area (Å²) in [5, 5.41) is 4.25. The van der Waals surface area contributed by atoms with E-state index in [9.17, 15) is 0 Å². The lowest BCUT2D eigenvalue weighted by Gasteiger charge is -2.24. The van der Waals surface area contributed by atoms with Crippen LogP contribution in [0.3, 0.4) is 0 Å². The lowest BCUT2D eigenvalue weighted by Crippen LogP contribution is -2.16. The van der Waals surface area contributed by atoms with Crippen molar-refractivity contribution >= 4 is 17.3 Å². The van der Waals surface area contributed by atoms with Gasteiger partial charge in [-0.3, -0.25) is 0 Å². The number of halogens is 1. The monoisotopic (exact) mass is 209 g/mol. The molecule has 1 aliphatic rings. The van der Waals surface area contributed by atoms with Crippen molar-refractivity contribution in [2.45, 2.75) is 32.1 Å². The van der Waals surface area contributed by atoms with Crippen LogP contribution in [-0.2, 0) is 5.41 Å². The second-order valence-electron chi connectivity index (χ2n) is 4.60. The van der Waals surface area contributed by atoms with Gasteiger partial charge in [0, 0.05) is 17.3 Å². The Balaban J connectivity index is 2.50. The number of benzene rings is 1. The molecule has 1 nitrogen and oxygen atoms in total. The van der Waals surface area contributed by atoms with Gasteiger partial charge in [0.25, 0.3) is 0 Å². The van der Waals surface area contributed by atoms with E-state index < -0.39 is 0 Å². The quantitative estimate of drug-likeness (QED) is 0.685. The molecular weight excluding hydrogens is 194 g/mol. The highest BCUT2D eigenvalue weighted by Crippen LogP contribution is 2.37. The molecule has 0 saturated carbocycles. The van der Waals surface area contributed by atoms with Gasteiger partial charge in [-0.15, -0.1) is 0 Å². The lowest BCUT2D eigenvalue weighted by molar-refractivity contribution is 0.478. The standard InChI is InChI=1S/C12H16ClN/c1-12(2)6-3-7-14-11-8-9(13)4-5-10(11)12/h4-5,8,14H,3,6-7H2,1-2H3. The Bertz CT molecular complexity index is 344. The van der Waals surface area contributed by atoms with Crippen molar-refractivity contribution in [1.29, 1.82) is 0 Å². The second-order valence-corrected chi connectivity index (χ2v) is 5.04. The summed E-state index contributed by atoms with van der Waals surface area (Å²) in [6.45, 7) is 5.65. The SMILES string of the molecule is CC1(C)CCCNc2cc(Cl)ccc21. The lowest BCUT2D eigenvalue weighted by atomic mass is 9.80. The van der Waals surface area contributed by atoms with Gasteiger partial charge < -0.3 is 5.32 Å². The topological polar surface area (TPSA) is 12.0 Å². The Morgan fingerprint density at radius 2 is 2.14 bits per heavy atom. The van der Waals surface area contributed by atoms with Gasteiger partial charge in [0.2, 0.25) is 0 Å². The fourth-order valence-corrected chi connectivity index (χ4v) is 2.31. The summed E-state index contributed by atoms with van der Waals surface area (Å²) in [6.07, 6.45) is 2.45. The molecule has 2 rings (SSSR count). The first kappa shape index (κ1) is 9.85. The van der Waals surface area contributed by atoms with Crippen LogP contribution in [0.15, 0.2) is 18.2 Å². The number of anilines is 1. The van der Waals surface area contributed by atoms with Gasteiger partial charge in [-0.1, -0.05) is 31.5 Å². The Hall–Kier alpha value is -0.690. The van der Waals surface area contributed by atoms with Gasteiger partial charge in [0.1, 0.15) is 0 Å². The highest BCUT2D eigenvalue weighted by Gasteiger charge is 2.25. The summed E-state index contributed by atoms with van der Waals surface area (Å²) in [6, 6.07) is 6.16. The zero-order valence-corrected chi connectivity index (χ0v) is 9.49. The van der Waals surface area contributed by atoms with Crippen LogP contribution in [-0.4, -0.2) is 6.54 Å². The molecule has 1 N–H and O–H groups in total. The summed E-state index contributed by atoms with van der Waals surface area (Å²) in [5.41, 5.74) is 2.86. The Morgan fingerprint density at radius 1 is 1.36 bits per heavy atom. The minimum Gasteiger partial charge on any atom is -0.385 e. The van der Waals surface area contributed by atoms with E-state index in [-0.39, 0.29) is 5.41 Å². The van der Waals surface area contributed by atoms with Gasteiger partial charge >= 0.3 is 0 Å². The Kier molecular flexibility index (Phi) is 2.44.